The van der Waals surface area contributed by atoms with E-state index in [9.17, 15) is 9.59 Å². The molecule has 8 nitrogen and oxygen atoms in total. The Balaban J connectivity index is 1.36. The number of pyridine rings is 1. The van der Waals surface area contributed by atoms with Gasteiger partial charge in [0.05, 0.1) is 11.4 Å². The van der Waals surface area contributed by atoms with Gasteiger partial charge in [0.15, 0.2) is 11.5 Å². The number of ether oxygens (including phenoxy) is 3. The second kappa shape index (κ2) is 9.66. The van der Waals surface area contributed by atoms with Crippen molar-refractivity contribution in [2.45, 2.75) is 6.54 Å². The smallest absolute Gasteiger partial charge is 0.269 e. The summed E-state index contributed by atoms with van der Waals surface area (Å²) in [5.74, 6) is 1.58. The van der Waals surface area contributed by atoms with E-state index in [1.165, 1.54) is 15.4 Å². The Morgan fingerprint density at radius 2 is 1.89 bits per heavy atom. The summed E-state index contributed by atoms with van der Waals surface area (Å²) in [7, 11) is 0. The number of rotatable bonds is 5. The van der Waals surface area contributed by atoms with Gasteiger partial charge in [0.2, 0.25) is 12.7 Å². The van der Waals surface area contributed by atoms with Crippen LogP contribution in [-0.2, 0) is 11.3 Å². The molecule has 2 aromatic carbocycles. The number of halogens is 1. The summed E-state index contributed by atoms with van der Waals surface area (Å²) in [5, 5.41) is 0. The van der Waals surface area contributed by atoms with Crippen LogP contribution in [0.1, 0.15) is 11.1 Å². The molecule has 6 rings (SSSR count). The summed E-state index contributed by atoms with van der Waals surface area (Å²) in [6.45, 7) is 0.429. The molecule has 2 aliphatic heterocycles. The molecule has 0 bridgehead atoms. The number of hydrogen-bond donors (Lipinski definition) is 0. The Hall–Kier alpha value is -3.67. The normalized spacial score (nSPS) is 15.7. The molecule has 0 unspecified atom stereocenters. The largest absolute Gasteiger partial charge is 0.454 e. The van der Waals surface area contributed by atoms with Crippen molar-refractivity contribution in [1.82, 2.24) is 14.3 Å². The van der Waals surface area contributed by atoms with Crippen LogP contribution in [0.15, 0.2) is 81.0 Å². The highest BCUT2D eigenvalue weighted by molar-refractivity contribution is 9.10. The quantitative estimate of drug-likeness (QED) is 0.225. The first-order valence-electron chi connectivity index (χ1n) is 11.0. The molecule has 0 atom stereocenters. The van der Waals surface area contributed by atoms with Crippen LogP contribution in [0, 0.1) is 0 Å². The first-order chi connectivity index (χ1) is 18.0. The van der Waals surface area contributed by atoms with Crippen molar-refractivity contribution in [3.05, 3.63) is 97.7 Å². The number of hydrogen-bond acceptors (Lipinski definition) is 8. The average molecular weight is 594 g/mol. The lowest BCUT2D eigenvalue weighted by atomic mass is 10.2. The molecule has 2 aromatic heterocycles. The Labute approximate surface area is 228 Å². The van der Waals surface area contributed by atoms with Gasteiger partial charge in [-0.15, -0.1) is 0 Å². The van der Waals surface area contributed by atoms with Crippen molar-refractivity contribution in [3.63, 3.8) is 0 Å². The number of thiocarbonyl (C=S) groups is 1. The Bertz CT molecular complexity index is 1670. The molecule has 0 aliphatic carbocycles. The van der Waals surface area contributed by atoms with Crippen LogP contribution in [0.25, 0.3) is 11.7 Å². The second-order valence-electron chi connectivity index (χ2n) is 8.08. The van der Waals surface area contributed by atoms with E-state index in [0.29, 0.717) is 32.1 Å². The molecule has 0 radical (unpaired) electrons. The standard InChI is InChI=1S/C26H16BrN3O5S2/c27-16-5-7-17(8-6-16)35-23-18(24(31)29-10-2-1-3-22(29)28-23)12-21-25(32)30(26(36)37-21)13-15-4-9-19-20(11-15)34-14-33-19/h1-12H,13-14H2/b21-12-. The maximum atomic E-state index is 13.4. The summed E-state index contributed by atoms with van der Waals surface area (Å²) in [5.41, 5.74) is 1.05. The minimum absolute atomic E-state index is 0.0968. The van der Waals surface area contributed by atoms with E-state index in [4.69, 9.17) is 26.4 Å². The topological polar surface area (TPSA) is 82.4 Å². The SMILES string of the molecule is O=C1/C(=C/c2c(Oc3ccc(Br)cc3)nc3ccccn3c2=O)SC(=S)N1Cc1ccc2c(c1)OCO2. The molecule has 0 spiro atoms. The van der Waals surface area contributed by atoms with Gasteiger partial charge in [-0.3, -0.25) is 18.9 Å². The molecule has 4 heterocycles. The van der Waals surface area contributed by atoms with E-state index in [1.807, 2.05) is 24.3 Å². The van der Waals surface area contributed by atoms with Gasteiger partial charge in [0.1, 0.15) is 21.3 Å². The summed E-state index contributed by atoms with van der Waals surface area (Å²) in [6.07, 6.45) is 3.12. The highest BCUT2D eigenvalue weighted by Crippen LogP contribution is 2.37. The van der Waals surface area contributed by atoms with Crippen molar-refractivity contribution in [3.8, 4) is 23.1 Å². The number of aromatic nitrogens is 2. The van der Waals surface area contributed by atoms with E-state index in [0.717, 1.165) is 21.8 Å². The number of fused-ring (bicyclic) bond motifs is 2. The summed E-state index contributed by atoms with van der Waals surface area (Å²) in [6, 6.07) is 17.9. The van der Waals surface area contributed by atoms with Crippen molar-refractivity contribution < 1.29 is 19.0 Å². The zero-order valence-corrected chi connectivity index (χ0v) is 22.1. The molecule has 1 saturated heterocycles. The fraction of sp³-hybridized carbons (Fsp3) is 0.0769. The number of nitrogens with zero attached hydrogens (tertiary/aromatic N) is 3. The van der Waals surface area contributed by atoms with E-state index >= 15 is 0 Å². The molecule has 11 heteroatoms. The Kier molecular flexibility index (Phi) is 6.19. The van der Waals surface area contributed by atoms with Crippen molar-refractivity contribution in [2.24, 2.45) is 0 Å². The van der Waals surface area contributed by atoms with Gasteiger partial charge in [-0.1, -0.05) is 52.0 Å². The van der Waals surface area contributed by atoms with Crippen molar-refractivity contribution in [1.29, 1.82) is 0 Å². The molecule has 4 aromatic rings. The van der Waals surface area contributed by atoms with E-state index < -0.39 is 0 Å². The third-order valence-corrected chi connectivity index (χ3v) is 7.60. The Morgan fingerprint density at radius 3 is 2.73 bits per heavy atom. The Morgan fingerprint density at radius 1 is 1.08 bits per heavy atom. The summed E-state index contributed by atoms with van der Waals surface area (Å²) < 4.78 is 19.5. The molecule has 2 aliphatic rings. The van der Waals surface area contributed by atoms with Crippen LogP contribution in [0.3, 0.4) is 0 Å². The van der Waals surface area contributed by atoms with Gasteiger partial charge in [0.25, 0.3) is 11.5 Å². The zero-order chi connectivity index (χ0) is 25.5. The van der Waals surface area contributed by atoms with Crippen LogP contribution in [-0.4, -0.2) is 31.3 Å². The van der Waals surface area contributed by atoms with Crippen molar-refractivity contribution in [2.75, 3.05) is 6.79 Å². The third-order valence-electron chi connectivity index (χ3n) is 5.69. The number of thioether (sulfide) groups is 1. The monoisotopic (exact) mass is 593 g/mol. The van der Waals surface area contributed by atoms with Gasteiger partial charge < -0.3 is 14.2 Å². The van der Waals surface area contributed by atoms with E-state index in [1.54, 1.807) is 42.6 Å². The lowest BCUT2D eigenvalue weighted by molar-refractivity contribution is -0.122. The van der Waals surface area contributed by atoms with Crippen LogP contribution < -0.4 is 19.8 Å². The zero-order valence-electron chi connectivity index (χ0n) is 18.9. The van der Waals surface area contributed by atoms with Gasteiger partial charge in [-0.2, -0.15) is 4.98 Å². The highest BCUT2D eigenvalue weighted by Gasteiger charge is 2.33. The van der Waals surface area contributed by atoms with Crippen LogP contribution in [0.4, 0.5) is 0 Å². The molecular weight excluding hydrogens is 578 g/mol. The number of carbonyl (C=O) groups is 1. The lowest BCUT2D eigenvalue weighted by Gasteiger charge is -2.14. The number of carbonyl (C=O) groups excluding carboxylic acids is 1. The second-order valence-corrected chi connectivity index (χ2v) is 10.7. The highest BCUT2D eigenvalue weighted by atomic mass is 79.9. The molecular formula is C26H16BrN3O5S2. The maximum Gasteiger partial charge on any atom is 0.269 e. The summed E-state index contributed by atoms with van der Waals surface area (Å²) >= 11 is 10.0. The van der Waals surface area contributed by atoms with Gasteiger partial charge in [0, 0.05) is 10.7 Å². The summed E-state index contributed by atoms with van der Waals surface area (Å²) in [4.78, 5) is 33.2. The van der Waals surface area contributed by atoms with Crippen LogP contribution in [0.2, 0.25) is 0 Å². The fourth-order valence-corrected chi connectivity index (χ4v) is 5.39. The minimum atomic E-state index is -0.362. The average Bonchev–Trinajstić information content (AvgIpc) is 3.47. The van der Waals surface area contributed by atoms with Gasteiger partial charge in [-0.05, 0) is 60.2 Å². The van der Waals surface area contributed by atoms with E-state index in [2.05, 4.69) is 20.9 Å². The predicted molar refractivity (Wildman–Crippen MR) is 147 cm³/mol. The number of amides is 1. The van der Waals surface area contributed by atoms with E-state index in [-0.39, 0.29) is 36.2 Å². The van der Waals surface area contributed by atoms with Crippen LogP contribution >= 0.6 is 39.9 Å². The van der Waals surface area contributed by atoms with Crippen molar-refractivity contribution >= 4 is 61.9 Å². The lowest BCUT2D eigenvalue weighted by Crippen LogP contribution is -2.27. The minimum Gasteiger partial charge on any atom is -0.454 e. The molecule has 0 saturated carbocycles. The molecule has 1 amide bonds. The number of benzene rings is 2. The first-order valence-corrected chi connectivity index (χ1v) is 13.1. The fourth-order valence-electron chi connectivity index (χ4n) is 3.89. The maximum absolute atomic E-state index is 13.4. The predicted octanol–water partition coefficient (Wildman–Crippen LogP) is 5.38. The van der Waals surface area contributed by atoms with Crippen LogP contribution in [0.5, 0.6) is 23.1 Å². The first kappa shape index (κ1) is 23.7. The molecule has 0 N–H and O–H groups in total. The molecule has 37 heavy (non-hydrogen) atoms. The van der Waals surface area contributed by atoms with Gasteiger partial charge >= 0.3 is 0 Å². The third kappa shape index (κ3) is 4.61. The molecule has 184 valence electrons. The van der Waals surface area contributed by atoms with Gasteiger partial charge in [-0.25, -0.2) is 0 Å². The molecule has 1 fully saturated rings.